The van der Waals surface area contributed by atoms with Gasteiger partial charge >= 0.3 is 0 Å². The fourth-order valence-corrected chi connectivity index (χ4v) is 0.735. The standard InChI is InChI=1S/C9H9NO/c1-3-4-8-7-9(11-2)5-6-10-8/h5-7H,1-2H3. The lowest BCUT2D eigenvalue weighted by Crippen LogP contribution is -1.85. The van der Waals surface area contributed by atoms with Gasteiger partial charge in [-0.05, 0) is 18.9 Å². The lowest BCUT2D eigenvalue weighted by molar-refractivity contribution is 0.414. The normalized spacial score (nSPS) is 8.18. The van der Waals surface area contributed by atoms with Crippen LogP contribution in [0, 0.1) is 11.8 Å². The summed E-state index contributed by atoms with van der Waals surface area (Å²) in [5.41, 5.74) is 0.742. The van der Waals surface area contributed by atoms with Crippen LogP contribution in [0.1, 0.15) is 12.6 Å². The third-order valence-corrected chi connectivity index (χ3v) is 1.22. The summed E-state index contributed by atoms with van der Waals surface area (Å²) in [7, 11) is 1.62. The van der Waals surface area contributed by atoms with E-state index in [1.165, 1.54) is 0 Å². The zero-order valence-electron chi connectivity index (χ0n) is 6.59. The molecule has 0 spiro atoms. The van der Waals surface area contributed by atoms with Crippen LogP contribution in [0.25, 0.3) is 0 Å². The second kappa shape index (κ2) is 3.62. The molecule has 11 heavy (non-hydrogen) atoms. The van der Waals surface area contributed by atoms with E-state index in [-0.39, 0.29) is 0 Å². The van der Waals surface area contributed by atoms with Crippen LogP contribution >= 0.6 is 0 Å². The largest absolute Gasteiger partial charge is 0.497 e. The Kier molecular flexibility index (Phi) is 2.51. The highest BCUT2D eigenvalue weighted by Crippen LogP contribution is 2.08. The van der Waals surface area contributed by atoms with E-state index in [1.807, 2.05) is 0 Å². The molecule has 0 atom stereocenters. The van der Waals surface area contributed by atoms with Crippen LogP contribution in [0.3, 0.4) is 0 Å². The molecule has 0 bridgehead atoms. The van der Waals surface area contributed by atoms with Crippen LogP contribution in [0.2, 0.25) is 0 Å². The highest BCUT2D eigenvalue weighted by Gasteiger charge is 1.91. The Morgan fingerprint density at radius 1 is 1.55 bits per heavy atom. The van der Waals surface area contributed by atoms with Crippen LogP contribution in [0.5, 0.6) is 5.75 Å². The number of nitrogens with zero attached hydrogens (tertiary/aromatic N) is 1. The lowest BCUT2D eigenvalue weighted by Gasteiger charge is -1.96. The number of hydrogen-bond donors (Lipinski definition) is 0. The Bertz CT molecular complexity index is 296. The number of hydrogen-bond acceptors (Lipinski definition) is 2. The van der Waals surface area contributed by atoms with Crippen molar-refractivity contribution < 1.29 is 4.74 Å². The summed E-state index contributed by atoms with van der Waals surface area (Å²) in [6.45, 7) is 1.78. The molecule has 0 fully saturated rings. The van der Waals surface area contributed by atoms with Crippen molar-refractivity contribution in [3.8, 4) is 17.6 Å². The molecule has 0 amide bonds. The third-order valence-electron chi connectivity index (χ3n) is 1.22. The first-order valence-electron chi connectivity index (χ1n) is 3.29. The van der Waals surface area contributed by atoms with Crippen LogP contribution < -0.4 is 4.74 Å². The zero-order valence-corrected chi connectivity index (χ0v) is 6.59. The highest BCUT2D eigenvalue weighted by molar-refractivity contribution is 5.33. The van der Waals surface area contributed by atoms with E-state index in [0.717, 1.165) is 11.4 Å². The molecule has 0 N–H and O–H groups in total. The van der Waals surface area contributed by atoms with Crippen molar-refractivity contribution in [3.63, 3.8) is 0 Å². The maximum absolute atomic E-state index is 4.99. The fraction of sp³-hybridized carbons (Fsp3) is 0.222. The van der Waals surface area contributed by atoms with Crippen molar-refractivity contribution in [1.82, 2.24) is 4.98 Å². The molecule has 0 aliphatic carbocycles. The van der Waals surface area contributed by atoms with Crippen LogP contribution in [0.15, 0.2) is 18.3 Å². The molecule has 0 aromatic carbocycles. The molecule has 0 aliphatic rings. The minimum atomic E-state index is 0.742. The van der Waals surface area contributed by atoms with Crippen molar-refractivity contribution in [2.45, 2.75) is 6.92 Å². The van der Waals surface area contributed by atoms with Gasteiger partial charge in [0.25, 0.3) is 0 Å². The van der Waals surface area contributed by atoms with Gasteiger partial charge < -0.3 is 4.74 Å². The predicted molar refractivity (Wildman–Crippen MR) is 43.3 cm³/mol. The average molecular weight is 147 g/mol. The molecule has 1 aromatic heterocycles. The topological polar surface area (TPSA) is 22.1 Å². The van der Waals surface area contributed by atoms with E-state index in [0.29, 0.717) is 0 Å². The first kappa shape index (κ1) is 7.62. The van der Waals surface area contributed by atoms with E-state index in [2.05, 4.69) is 16.8 Å². The Morgan fingerprint density at radius 2 is 2.36 bits per heavy atom. The summed E-state index contributed by atoms with van der Waals surface area (Å²) in [5, 5.41) is 0. The minimum absolute atomic E-state index is 0.742. The molecule has 0 saturated carbocycles. The van der Waals surface area contributed by atoms with Crippen LogP contribution in [-0.4, -0.2) is 12.1 Å². The van der Waals surface area contributed by atoms with Gasteiger partial charge in [0.1, 0.15) is 11.4 Å². The molecule has 0 saturated heterocycles. The molecule has 56 valence electrons. The monoisotopic (exact) mass is 147 g/mol. The quantitative estimate of drug-likeness (QED) is 0.561. The lowest BCUT2D eigenvalue weighted by atomic mass is 10.3. The second-order valence-electron chi connectivity index (χ2n) is 1.96. The predicted octanol–water partition coefficient (Wildman–Crippen LogP) is 1.46. The molecule has 1 heterocycles. The molecule has 2 heteroatoms. The highest BCUT2D eigenvalue weighted by atomic mass is 16.5. The van der Waals surface area contributed by atoms with E-state index in [9.17, 15) is 0 Å². The molecular weight excluding hydrogens is 138 g/mol. The van der Waals surface area contributed by atoms with E-state index in [1.54, 1.807) is 32.4 Å². The molecule has 0 unspecified atom stereocenters. The summed E-state index contributed by atoms with van der Waals surface area (Å²) in [6.07, 6.45) is 1.68. The molecule has 0 aliphatic heterocycles. The second-order valence-corrected chi connectivity index (χ2v) is 1.96. The average Bonchev–Trinajstić information content (AvgIpc) is 2.06. The van der Waals surface area contributed by atoms with Gasteiger partial charge in [0.05, 0.1) is 7.11 Å². The van der Waals surface area contributed by atoms with Gasteiger partial charge in [0, 0.05) is 12.3 Å². The van der Waals surface area contributed by atoms with Gasteiger partial charge in [-0.3, -0.25) is 0 Å². The first-order chi connectivity index (χ1) is 5.36. The Morgan fingerprint density at radius 3 is 3.00 bits per heavy atom. The maximum atomic E-state index is 4.99. The van der Waals surface area contributed by atoms with Gasteiger partial charge in [-0.1, -0.05) is 5.92 Å². The molecule has 2 nitrogen and oxygen atoms in total. The Labute approximate surface area is 66.2 Å². The van der Waals surface area contributed by atoms with Crippen molar-refractivity contribution in [2.24, 2.45) is 0 Å². The van der Waals surface area contributed by atoms with Crippen molar-refractivity contribution in [2.75, 3.05) is 7.11 Å². The molecule has 0 radical (unpaired) electrons. The zero-order chi connectivity index (χ0) is 8.10. The number of aromatic nitrogens is 1. The SMILES string of the molecule is CC#Cc1cc(OC)ccn1. The number of ether oxygens (including phenoxy) is 1. The summed E-state index contributed by atoms with van der Waals surface area (Å²) < 4.78 is 4.99. The van der Waals surface area contributed by atoms with Gasteiger partial charge in [0.2, 0.25) is 0 Å². The van der Waals surface area contributed by atoms with Gasteiger partial charge in [-0.25, -0.2) is 4.98 Å². The number of pyridine rings is 1. The minimum Gasteiger partial charge on any atom is -0.497 e. The third kappa shape index (κ3) is 1.98. The van der Waals surface area contributed by atoms with Crippen LogP contribution in [0.4, 0.5) is 0 Å². The Hall–Kier alpha value is -1.49. The number of methoxy groups -OCH3 is 1. The smallest absolute Gasteiger partial charge is 0.123 e. The van der Waals surface area contributed by atoms with Gasteiger partial charge in [-0.2, -0.15) is 0 Å². The van der Waals surface area contributed by atoms with Crippen LogP contribution in [-0.2, 0) is 0 Å². The van der Waals surface area contributed by atoms with Crippen molar-refractivity contribution >= 4 is 0 Å². The maximum Gasteiger partial charge on any atom is 0.123 e. The van der Waals surface area contributed by atoms with E-state index >= 15 is 0 Å². The molecule has 1 aromatic rings. The molecule has 1 rings (SSSR count). The summed E-state index contributed by atoms with van der Waals surface area (Å²) >= 11 is 0. The van der Waals surface area contributed by atoms with E-state index in [4.69, 9.17) is 4.74 Å². The summed E-state index contributed by atoms with van der Waals surface area (Å²) in [6, 6.07) is 3.59. The molecular formula is C9H9NO. The fourth-order valence-electron chi connectivity index (χ4n) is 0.735. The summed E-state index contributed by atoms with van der Waals surface area (Å²) in [5.74, 6) is 6.40. The van der Waals surface area contributed by atoms with E-state index < -0.39 is 0 Å². The first-order valence-corrected chi connectivity index (χ1v) is 3.29. The van der Waals surface area contributed by atoms with Gasteiger partial charge in [-0.15, -0.1) is 0 Å². The van der Waals surface area contributed by atoms with Crippen molar-refractivity contribution in [3.05, 3.63) is 24.0 Å². The number of rotatable bonds is 1. The van der Waals surface area contributed by atoms with Crippen molar-refractivity contribution in [1.29, 1.82) is 0 Å². The Balaban J connectivity index is 2.97. The summed E-state index contributed by atoms with van der Waals surface area (Å²) in [4.78, 5) is 4.02. The van der Waals surface area contributed by atoms with Gasteiger partial charge in [0.15, 0.2) is 0 Å².